The molecule has 0 saturated carbocycles. The lowest BCUT2D eigenvalue weighted by atomic mass is 9.89. The summed E-state index contributed by atoms with van der Waals surface area (Å²) in [6.07, 6.45) is -0.0296. The van der Waals surface area contributed by atoms with Crippen molar-refractivity contribution in [2.75, 3.05) is 4.90 Å². The highest BCUT2D eigenvalue weighted by atomic mass is 35.5. The minimum atomic E-state index is -1.07. The molecule has 1 aliphatic rings. The molecule has 4 rings (SSSR count). The van der Waals surface area contributed by atoms with Crippen LogP contribution in [0, 0.1) is 17.6 Å². The van der Waals surface area contributed by atoms with Gasteiger partial charge >= 0.3 is 5.97 Å². The number of halogens is 3. The molecule has 0 fully saturated rings. The fourth-order valence-electron chi connectivity index (χ4n) is 3.39. The maximum absolute atomic E-state index is 14.0. The number of aliphatic carboxylic acids is 1. The number of benzene rings is 2. The lowest BCUT2D eigenvalue weighted by Crippen LogP contribution is -2.41. The van der Waals surface area contributed by atoms with Crippen molar-refractivity contribution in [3.63, 3.8) is 0 Å². The van der Waals surface area contributed by atoms with E-state index in [0.717, 1.165) is 23.0 Å². The number of hydrogen-bond acceptors (Lipinski definition) is 4. The lowest BCUT2D eigenvalue weighted by molar-refractivity contribution is -0.140. The Morgan fingerprint density at radius 1 is 1.32 bits per heavy atom. The molecule has 0 aliphatic carbocycles. The van der Waals surface area contributed by atoms with Crippen molar-refractivity contribution in [3.05, 3.63) is 57.6 Å². The van der Waals surface area contributed by atoms with Crippen LogP contribution in [0.15, 0.2) is 30.3 Å². The van der Waals surface area contributed by atoms with Gasteiger partial charge in [-0.2, -0.15) is 0 Å². The zero-order valence-corrected chi connectivity index (χ0v) is 15.9. The molecule has 9 heteroatoms. The molecule has 28 heavy (non-hydrogen) atoms. The minimum absolute atomic E-state index is 0.0317. The van der Waals surface area contributed by atoms with E-state index in [2.05, 4.69) is 4.98 Å². The highest BCUT2D eigenvalue weighted by molar-refractivity contribution is 7.18. The van der Waals surface area contributed by atoms with Crippen LogP contribution in [0.2, 0.25) is 5.02 Å². The molecule has 144 valence electrons. The van der Waals surface area contributed by atoms with E-state index in [-0.39, 0.29) is 30.0 Å². The molecule has 3 aromatic rings. The van der Waals surface area contributed by atoms with E-state index >= 15 is 0 Å². The van der Waals surface area contributed by atoms with Crippen molar-refractivity contribution in [3.8, 4) is 0 Å². The molecular formula is C19H13ClF2N2O3S. The fraction of sp³-hybridized carbons (Fsp3) is 0.211. The Bertz CT molecular complexity index is 1120. The highest BCUT2D eigenvalue weighted by Gasteiger charge is 2.34. The summed E-state index contributed by atoms with van der Waals surface area (Å²) in [5.74, 6) is -4.07. The van der Waals surface area contributed by atoms with Gasteiger partial charge in [-0.05, 0) is 42.3 Å². The van der Waals surface area contributed by atoms with Crippen LogP contribution in [0.5, 0.6) is 0 Å². The third-order valence-electron chi connectivity index (χ3n) is 4.62. The Labute approximate surface area is 167 Å². The number of carboxylic acid groups (broad SMARTS) is 1. The second-order valence-corrected chi connectivity index (χ2v) is 8.03. The van der Waals surface area contributed by atoms with Gasteiger partial charge in [0.15, 0.2) is 11.6 Å². The number of hydrogen-bond donors (Lipinski definition) is 1. The number of rotatable bonds is 4. The molecule has 0 spiro atoms. The summed E-state index contributed by atoms with van der Waals surface area (Å²) in [6.45, 7) is 0.0317. The molecule has 1 aliphatic heterocycles. The number of carboxylic acids is 1. The summed E-state index contributed by atoms with van der Waals surface area (Å²) < 4.78 is 27.5. The summed E-state index contributed by atoms with van der Waals surface area (Å²) >= 11 is 7.02. The first-order valence-corrected chi connectivity index (χ1v) is 9.58. The van der Waals surface area contributed by atoms with Gasteiger partial charge in [0.2, 0.25) is 5.91 Å². The third kappa shape index (κ3) is 3.33. The first-order chi connectivity index (χ1) is 13.3. The molecule has 0 radical (unpaired) electrons. The molecular weight excluding hydrogens is 410 g/mol. The van der Waals surface area contributed by atoms with Crippen LogP contribution in [0.3, 0.4) is 0 Å². The monoisotopic (exact) mass is 422 g/mol. The average molecular weight is 423 g/mol. The van der Waals surface area contributed by atoms with Gasteiger partial charge in [0.1, 0.15) is 5.01 Å². The molecule has 5 nitrogen and oxygen atoms in total. The minimum Gasteiger partial charge on any atom is -0.481 e. The van der Waals surface area contributed by atoms with Gasteiger partial charge in [0.05, 0.1) is 29.1 Å². The fourth-order valence-corrected chi connectivity index (χ4v) is 4.56. The molecule has 2 aromatic carbocycles. The maximum Gasteiger partial charge on any atom is 0.304 e. The second-order valence-electron chi connectivity index (χ2n) is 6.51. The average Bonchev–Trinajstić information content (AvgIpc) is 3.05. The van der Waals surface area contributed by atoms with Crippen molar-refractivity contribution in [2.45, 2.75) is 19.4 Å². The number of nitrogens with zero attached hydrogens (tertiary/aromatic N) is 2. The molecule has 1 atom stereocenters. The van der Waals surface area contributed by atoms with Crippen molar-refractivity contribution in [1.29, 1.82) is 0 Å². The topological polar surface area (TPSA) is 70.5 Å². The smallest absolute Gasteiger partial charge is 0.304 e. The Hall–Kier alpha value is -2.58. The van der Waals surface area contributed by atoms with Gasteiger partial charge in [0.25, 0.3) is 0 Å². The van der Waals surface area contributed by atoms with Crippen LogP contribution in [0.4, 0.5) is 14.5 Å². The van der Waals surface area contributed by atoms with Crippen molar-refractivity contribution in [2.24, 2.45) is 5.92 Å². The quantitative estimate of drug-likeness (QED) is 0.676. The number of carbonyl (C=O) groups is 2. The lowest BCUT2D eigenvalue weighted by Gasteiger charge is -2.33. The third-order valence-corrected chi connectivity index (χ3v) is 5.91. The molecule has 1 N–H and O–H groups in total. The Kier molecular flexibility index (Phi) is 4.76. The summed E-state index contributed by atoms with van der Waals surface area (Å²) in [5.41, 5.74) is 1.68. The number of amides is 1. The highest BCUT2D eigenvalue weighted by Crippen LogP contribution is 2.36. The van der Waals surface area contributed by atoms with E-state index in [1.54, 1.807) is 18.2 Å². The van der Waals surface area contributed by atoms with Gasteiger partial charge < -0.3 is 10.0 Å². The second kappa shape index (κ2) is 7.10. The zero-order valence-electron chi connectivity index (χ0n) is 14.3. The van der Waals surface area contributed by atoms with Crippen LogP contribution in [0.25, 0.3) is 10.2 Å². The first kappa shape index (κ1) is 18.8. The van der Waals surface area contributed by atoms with Crippen molar-refractivity contribution in [1.82, 2.24) is 4.98 Å². The predicted molar refractivity (Wildman–Crippen MR) is 102 cm³/mol. The van der Waals surface area contributed by atoms with Gasteiger partial charge in [-0.3, -0.25) is 9.59 Å². The molecule has 2 heterocycles. The Morgan fingerprint density at radius 3 is 2.86 bits per heavy atom. The standard InChI is InChI=1S/C19H13ClF2N2O3S/c20-11-1-4-14-9(6-11)5-10(7-16(25)26)19(27)24(14)8-15-23-13-3-2-12(21)17(22)18(13)28-15/h1-4,6,10H,5,7-8H2,(H,25,26). The van der Waals surface area contributed by atoms with E-state index < -0.39 is 23.5 Å². The Morgan fingerprint density at radius 2 is 2.11 bits per heavy atom. The number of aromatic nitrogens is 1. The Balaban J connectivity index is 1.74. The molecule has 0 saturated heterocycles. The van der Waals surface area contributed by atoms with E-state index in [1.165, 1.54) is 11.0 Å². The van der Waals surface area contributed by atoms with Crippen LogP contribution >= 0.6 is 22.9 Å². The number of anilines is 1. The van der Waals surface area contributed by atoms with Crippen molar-refractivity contribution < 1.29 is 23.5 Å². The van der Waals surface area contributed by atoms with Crippen LogP contribution < -0.4 is 4.90 Å². The van der Waals surface area contributed by atoms with Gasteiger partial charge in [0, 0.05) is 10.7 Å². The van der Waals surface area contributed by atoms with E-state index in [1.807, 2.05) is 0 Å². The SMILES string of the molecule is O=C(O)CC1Cc2cc(Cl)ccc2N(Cc2nc3ccc(F)c(F)c3s2)C1=O. The van der Waals surface area contributed by atoms with Gasteiger partial charge in [-0.25, -0.2) is 13.8 Å². The van der Waals surface area contributed by atoms with Crippen LogP contribution in [-0.4, -0.2) is 22.0 Å². The maximum atomic E-state index is 14.0. The predicted octanol–water partition coefficient (Wildman–Crippen LogP) is 4.41. The van der Waals surface area contributed by atoms with Crippen molar-refractivity contribution >= 4 is 50.7 Å². The van der Waals surface area contributed by atoms with Crippen LogP contribution in [-0.2, 0) is 22.6 Å². The summed E-state index contributed by atoms with van der Waals surface area (Å²) in [6, 6.07) is 7.43. The molecule has 1 amide bonds. The van der Waals surface area contributed by atoms with E-state index in [4.69, 9.17) is 16.7 Å². The van der Waals surface area contributed by atoms with Gasteiger partial charge in [-0.15, -0.1) is 11.3 Å². The summed E-state index contributed by atoms with van der Waals surface area (Å²) in [5, 5.41) is 10.0. The normalized spacial score (nSPS) is 16.5. The number of fused-ring (bicyclic) bond motifs is 2. The number of thiazole rings is 1. The molecule has 0 bridgehead atoms. The van der Waals surface area contributed by atoms with E-state index in [0.29, 0.717) is 21.2 Å². The summed E-state index contributed by atoms with van der Waals surface area (Å²) in [4.78, 5) is 29.8. The largest absolute Gasteiger partial charge is 0.481 e. The molecule has 1 aromatic heterocycles. The molecule has 1 unspecified atom stereocenters. The zero-order chi connectivity index (χ0) is 20.0. The van der Waals surface area contributed by atoms with Gasteiger partial charge in [-0.1, -0.05) is 11.6 Å². The first-order valence-electron chi connectivity index (χ1n) is 8.38. The van der Waals surface area contributed by atoms with E-state index in [9.17, 15) is 18.4 Å². The summed E-state index contributed by atoms with van der Waals surface area (Å²) in [7, 11) is 0. The van der Waals surface area contributed by atoms with Crippen LogP contribution in [0.1, 0.15) is 17.0 Å². The number of carbonyl (C=O) groups excluding carboxylic acids is 1.